The minimum Gasteiger partial charge on any atom is -0.485 e. The molecule has 0 unspecified atom stereocenters. The van der Waals surface area contributed by atoms with Crippen LogP contribution >= 0.6 is 0 Å². The van der Waals surface area contributed by atoms with Gasteiger partial charge in [0.2, 0.25) is 0 Å². The van der Waals surface area contributed by atoms with Crippen LogP contribution in [0.3, 0.4) is 0 Å². The van der Waals surface area contributed by atoms with E-state index in [2.05, 4.69) is 19.2 Å². The fourth-order valence-corrected chi connectivity index (χ4v) is 2.01. The van der Waals surface area contributed by atoms with Crippen LogP contribution in [0, 0.1) is 12.7 Å². The summed E-state index contributed by atoms with van der Waals surface area (Å²) in [5.74, 6) is 0.0244. The quantitative estimate of drug-likeness (QED) is 0.859. The molecule has 0 bridgehead atoms. The van der Waals surface area contributed by atoms with Crippen molar-refractivity contribution in [3.05, 3.63) is 65.0 Å². The van der Waals surface area contributed by atoms with Gasteiger partial charge in [-0.1, -0.05) is 55.8 Å². The van der Waals surface area contributed by atoms with Crippen LogP contribution in [0.4, 0.5) is 4.39 Å². The Bertz CT molecular complexity index is 578. The van der Waals surface area contributed by atoms with Crippen molar-refractivity contribution in [2.45, 2.75) is 40.0 Å². The Hall–Kier alpha value is -1.87. The minimum atomic E-state index is -0.315. The molecule has 0 aliphatic heterocycles. The van der Waals surface area contributed by atoms with E-state index in [0.717, 1.165) is 11.1 Å². The number of nitrogens with one attached hydrogen (secondary N) is 1. The lowest BCUT2D eigenvalue weighted by atomic mass is 10.1. The first kappa shape index (κ1) is 15.5. The standard InChI is InChI=1S/C18H22FNO/c1-13(2)20-11-16-5-4-6-17(19)18(16)21-12-15-9-7-14(3)8-10-15/h4-10,13,20H,11-12H2,1-3H3. The van der Waals surface area contributed by atoms with Gasteiger partial charge in [0.15, 0.2) is 11.6 Å². The Morgan fingerprint density at radius 2 is 1.81 bits per heavy atom. The topological polar surface area (TPSA) is 21.3 Å². The molecule has 0 heterocycles. The van der Waals surface area contributed by atoms with E-state index in [9.17, 15) is 4.39 Å². The van der Waals surface area contributed by atoms with Gasteiger partial charge in [-0.25, -0.2) is 4.39 Å². The van der Waals surface area contributed by atoms with Gasteiger partial charge in [-0.3, -0.25) is 0 Å². The molecule has 21 heavy (non-hydrogen) atoms. The SMILES string of the molecule is Cc1ccc(COc2c(F)cccc2CNC(C)C)cc1. The van der Waals surface area contributed by atoms with Gasteiger partial charge in [0, 0.05) is 18.2 Å². The van der Waals surface area contributed by atoms with E-state index >= 15 is 0 Å². The molecule has 0 radical (unpaired) electrons. The Kier molecular flexibility index (Phi) is 5.34. The number of para-hydroxylation sites is 1. The summed E-state index contributed by atoms with van der Waals surface area (Å²) in [7, 11) is 0. The van der Waals surface area contributed by atoms with Gasteiger partial charge >= 0.3 is 0 Å². The largest absolute Gasteiger partial charge is 0.485 e. The van der Waals surface area contributed by atoms with Gasteiger partial charge in [-0.15, -0.1) is 0 Å². The van der Waals surface area contributed by atoms with Gasteiger partial charge in [0.1, 0.15) is 6.61 Å². The van der Waals surface area contributed by atoms with E-state index in [0.29, 0.717) is 24.9 Å². The van der Waals surface area contributed by atoms with Crippen LogP contribution in [0.2, 0.25) is 0 Å². The maximum atomic E-state index is 14.0. The average Bonchev–Trinajstić information content (AvgIpc) is 2.46. The average molecular weight is 287 g/mol. The normalized spacial score (nSPS) is 10.9. The van der Waals surface area contributed by atoms with Crippen molar-refractivity contribution in [2.24, 2.45) is 0 Å². The van der Waals surface area contributed by atoms with E-state index in [4.69, 9.17) is 4.74 Å². The highest BCUT2D eigenvalue weighted by Gasteiger charge is 2.10. The summed E-state index contributed by atoms with van der Waals surface area (Å²) in [4.78, 5) is 0. The number of hydrogen-bond donors (Lipinski definition) is 1. The van der Waals surface area contributed by atoms with E-state index < -0.39 is 0 Å². The second-order valence-corrected chi connectivity index (χ2v) is 5.54. The maximum absolute atomic E-state index is 14.0. The number of benzene rings is 2. The minimum absolute atomic E-state index is 0.315. The predicted octanol–water partition coefficient (Wildman–Crippen LogP) is 4.21. The molecule has 2 aromatic rings. The molecule has 0 fully saturated rings. The molecule has 2 rings (SSSR count). The lowest BCUT2D eigenvalue weighted by Crippen LogP contribution is -2.22. The van der Waals surface area contributed by atoms with Crippen molar-refractivity contribution in [1.29, 1.82) is 0 Å². The van der Waals surface area contributed by atoms with E-state index in [1.807, 2.05) is 37.3 Å². The predicted molar refractivity (Wildman–Crippen MR) is 83.9 cm³/mol. The first-order valence-corrected chi connectivity index (χ1v) is 7.25. The fourth-order valence-electron chi connectivity index (χ4n) is 2.01. The van der Waals surface area contributed by atoms with E-state index in [1.54, 1.807) is 6.07 Å². The van der Waals surface area contributed by atoms with Gasteiger partial charge in [-0.2, -0.15) is 0 Å². The molecule has 0 saturated heterocycles. The summed E-state index contributed by atoms with van der Waals surface area (Å²) in [5, 5.41) is 3.29. The second-order valence-electron chi connectivity index (χ2n) is 5.54. The summed E-state index contributed by atoms with van der Waals surface area (Å²) < 4.78 is 19.7. The highest BCUT2D eigenvalue weighted by Crippen LogP contribution is 2.24. The molecule has 0 atom stereocenters. The van der Waals surface area contributed by atoms with Crippen molar-refractivity contribution in [3.63, 3.8) is 0 Å². The number of ether oxygens (including phenoxy) is 1. The Morgan fingerprint density at radius 3 is 2.48 bits per heavy atom. The van der Waals surface area contributed by atoms with Crippen molar-refractivity contribution < 1.29 is 9.13 Å². The number of rotatable bonds is 6. The fraction of sp³-hybridized carbons (Fsp3) is 0.333. The molecule has 0 spiro atoms. The lowest BCUT2D eigenvalue weighted by Gasteiger charge is -2.14. The molecule has 3 heteroatoms. The zero-order chi connectivity index (χ0) is 15.2. The van der Waals surface area contributed by atoms with Gasteiger partial charge < -0.3 is 10.1 Å². The van der Waals surface area contributed by atoms with Gasteiger partial charge in [0.25, 0.3) is 0 Å². The molecular weight excluding hydrogens is 265 g/mol. The zero-order valence-corrected chi connectivity index (χ0v) is 12.8. The Labute approximate surface area is 126 Å². The monoisotopic (exact) mass is 287 g/mol. The molecule has 1 N–H and O–H groups in total. The van der Waals surface area contributed by atoms with Crippen LogP contribution in [0.15, 0.2) is 42.5 Å². The van der Waals surface area contributed by atoms with Crippen LogP contribution in [0.1, 0.15) is 30.5 Å². The molecular formula is C18H22FNO. The summed E-state index contributed by atoms with van der Waals surface area (Å²) in [6.07, 6.45) is 0. The smallest absolute Gasteiger partial charge is 0.165 e. The number of hydrogen-bond acceptors (Lipinski definition) is 2. The molecule has 112 valence electrons. The zero-order valence-electron chi connectivity index (χ0n) is 12.8. The summed E-state index contributed by atoms with van der Waals surface area (Å²) in [5.41, 5.74) is 3.08. The van der Waals surface area contributed by atoms with Crippen LogP contribution in [0.25, 0.3) is 0 Å². The molecule has 0 aliphatic carbocycles. The van der Waals surface area contributed by atoms with Crippen LogP contribution < -0.4 is 10.1 Å². The van der Waals surface area contributed by atoms with Crippen LogP contribution in [-0.2, 0) is 13.2 Å². The van der Waals surface area contributed by atoms with Crippen molar-refractivity contribution >= 4 is 0 Å². The van der Waals surface area contributed by atoms with E-state index in [-0.39, 0.29) is 5.82 Å². The van der Waals surface area contributed by atoms with Gasteiger partial charge in [-0.05, 0) is 18.6 Å². The van der Waals surface area contributed by atoms with Crippen LogP contribution in [0.5, 0.6) is 5.75 Å². The van der Waals surface area contributed by atoms with Crippen molar-refractivity contribution in [3.8, 4) is 5.75 Å². The highest BCUT2D eigenvalue weighted by atomic mass is 19.1. The third-order valence-electron chi connectivity index (χ3n) is 3.25. The van der Waals surface area contributed by atoms with E-state index in [1.165, 1.54) is 11.6 Å². The summed E-state index contributed by atoms with van der Waals surface area (Å²) >= 11 is 0. The molecule has 0 amide bonds. The molecule has 0 saturated carbocycles. The number of halogens is 1. The second kappa shape index (κ2) is 7.23. The van der Waals surface area contributed by atoms with Crippen LogP contribution in [-0.4, -0.2) is 6.04 Å². The summed E-state index contributed by atoms with van der Waals surface area (Å²) in [6, 6.07) is 13.4. The van der Waals surface area contributed by atoms with Crippen molar-refractivity contribution in [1.82, 2.24) is 5.32 Å². The molecule has 2 aromatic carbocycles. The summed E-state index contributed by atoms with van der Waals surface area (Å²) in [6.45, 7) is 7.13. The number of aryl methyl sites for hydroxylation is 1. The lowest BCUT2D eigenvalue weighted by molar-refractivity contribution is 0.285. The molecule has 2 nitrogen and oxygen atoms in total. The van der Waals surface area contributed by atoms with Crippen molar-refractivity contribution in [2.75, 3.05) is 0 Å². The Morgan fingerprint density at radius 1 is 1.10 bits per heavy atom. The first-order chi connectivity index (χ1) is 10.1. The van der Waals surface area contributed by atoms with Gasteiger partial charge in [0.05, 0.1) is 0 Å². The third-order valence-corrected chi connectivity index (χ3v) is 3.25. The Balaban J connectivity index is 2.09. The molecule has 0 aromatic heterocycles. The highest BCUT2D eigenvalue weighted by molar-refractivity contribution is 5.35. The third kappa shape index (κ3) is 4.57. The maximum Gasteiger partial charge on any atom is 0.165 e. The first-order valence-electron chi connectivity index (χ1n) is 7.25. The molecule has 0 aliphatic rings.